The van der Waals surface area contributed by atoms with E-state index in [9.17, 15) is 4.79 Å². The summed E-state index contributed by atoms with van der Waals surface area (Å²) in [5.41, 5.74) is 0.901. The Hall–Kier alpha value is -3.61. The van der Waals surface area contributed by atoms with Crippen molar-refractivity contribution in [2.24, 2.45) is 0 Å². The van der Waals surface area contributed by atoms with E-state index in [-0.39, 0.29) is 12.1 Å². The highest BCUT2D eigenvalue weighted by Crippen LogP contribution is 2.17. The molecule has 0 saturated carbocycles. The Kier molecular flexibility index (Phi) is 3.88. The van der Waals surface area contributed by atoms with Gasteiger partial charge in [0.2, 0.25) is 5.88 Å². The summed E-state index contributed by atoms with van der Waals surface area (Å²) in [4.78, 5) is 20.7. The summed E-state index contributed by atoms with van der Waals surface area (Å²) in [6.07, 6.45) is 3.07. The van der Waals surface area contributed by atoms with Gasteiger partial charge >= 0.3 is 0 Å². The average Bonchev–Trinajstić information content (AvgIpc) is 2.67. The number of fused-ring (bicyclic) bond motifs is 1. The monoisotopic (exact) mass is 331 g/mol. The molecule has 0 N–H and O–H groups in total. The minimum atomic E-state index is -0.162. The van der Waals surface area contributed by atoms with Crippen molar-refractivity contribution >= 4 is 11.0 Å². The molecule has 122 valence electrons. The van der Waals surface area contributed by atoms with E-state index in [4.69, 9.17) is 4.74 Å². The zero-order chi connectivity index (χ0) is 17.1. The summed E-state index contributed by atoms with van der Waals surface area (Å²) in [5.74, 6) is 1.08. The van der Waals surface area contributed by atoms with Crippen molar-refractivity contribution in [3.05, 3.63) is 83.2 Å². The fourth-order valence-corrected chi connectivity index (χ4v) is 2.38. The third-order valence-corrected chi connectivity index (χ3v) is 3.59. The van der Waals surface area contributed by atoms with Crippen molar-refractivity contribution < 1.29 is 4.74 Å². The second-order valence-electron chi connectivity index (χ2n) is 5.33. The first-order valence-corrected chi connectivity index (χ1v) is 7.65. The van der Waals surface area contributed by atoms with Gasteiger partial charge in [-0.1, -0.05) is 18.2 Å². The van der Waals surface area contributed by atoms with Gasteiger partial charge in [-0.3, -0.25) is 9.36 Å². The van der Waals surface area contributed by atoms with E-state index < -0.39 is 0 Å². The van der Waals surface area contributed by atoms with Crippen LogP contribution in [-0.4, -0.2) is 24.7 Å². The second-order valence-corrected chi connectivity index (χ2v) is 5.33. The molecule has 0 aliphatic rings. The zero-order valence-electron chi connectivity index (χ0n) is 13.1. The van der Waals surface area contributed by atoms with Crippen molar-refractivity contribution in [2.75, 3.05) is 0 Å². The normalized spacial score (nSPS) is 10.7. The van der Waals surface area contributed by atoms with Crippen molar-refractivity contribution in [1.82, 2.24) is 24.7 Å². The summed E-state index contributed by atoms with van der Waals surface area (Å²) >= 11 is 0. The maximum absolute atomic E-state index is 12.5. The van der Waals surface area contributed by atoms with Crippen LogP contribution in [-0.2, 0) is 6.54 Å². The maximum atomic E-state index is 12.5. The van der Waals surface area contributed by atoms with Crippen LogP contribution in [0.3, 0.4) is 0 Å². The molecule has 0 radical (unpaired) electrons. The summed E-state index contributed by atoms with van der Waals surface area (Å²) in [5, 5.41) is 8.63. The first-order chi connectivity index (χ1) is 12.3. The Morgan fingerprint density at radius 3 is 2.60 bits per heavy atom. The molecular weight excluding hydrogens is 318 g/mol. The van der Waals surface area contributed by atoms with Crippen molar-refractivity contribution in [2.45, 2.75) is 6.54 Å². The van der Waals surface area contributed by atoms with E-state index in [2.05, 4.69) is 20.2 Å². The number of nitrogens with zero attached hydrogens (tertiary/aromatic N) is 5. The fraction of sp³-hybridized carbons (Fsp3) is 0.0556. The van der Waals surface area contributed by atoms with Crippen molar-refractivity contribution in [3.63, 3.8) is 0 Å². The van der Waals surface area contributed by atoms with Crippen LogP contribution in [0.5, 0.6) is 11.6 Å². The molecule has 4 rings (SSSR count). The topological polar surface area (TPSA) is 82.8 Å². The van der Waals surface area contributed by atoms with E-state index in [0.717, 1.165) is 0 Å². The highest BCUT2D eigenvalue weighted by atomic mass is 16.5. The predicted molar refractivity (Wildman–Crippen MR) is 91.4 cm³/mol. The SMILES string of the molecule is O=c1c2cccnc2ncn1Cc1ccc(Oc2ccccc2)nn1. The standard InChI is InChI=1S/C18H13N5O2/c24-18-15-7-4-10-19-17(15)20-12-23(18)11-13-8-9-16(22-21-13)25-14-5-2-1-3-6-14/h1-10,12H,11H2. The molecule has 7 nitrogen and oxygen atoms in total. The van der Waals surface area contributed by atoms with Crippen molar-refractivity contribution in [1.29, 1.82) is 0 Å². The number of para-hydroxylation sites is 1. The lowest BCUT2D eigenvalue weighted by Gasteiger charge is -2.07. The minimum absolute atomic E-state index is 0.162. The van der Waals surface area contributed by atoms with Gasteiger partial charge in [0.1, 0.15) is 12.1 Å². The number of hydrogen-bond donors (Lipinski definition) is 0. The lowest BCUT2D eigenvalue weighted by Crippen LogP contribution is -2.22. The lowest BCUT2D eigenvalue weighted by atomic mass is 10.3. The van der Waals surface area contributed by atoms with Crippen LogP contribution in [0.4, 0.5) is 0 Å². The molecule has 0 unspecified atom stereocenters. The predicted octanol–water partition coefficient (Wildman–Crippen LogP) is 2.42. The third kappa shape index (κ3) is 3.20. The Morgan fingerprint density at radius 2 is 1.80 bits per heavy atom. The van der Waals surface area contributed by atoms with Crippen LogP contribution in [0.15, 0.2) is 71.9 Å². The molecule has 0 spiro atoms. The highest BCUT2D eigenvalue weighted by Gasteiger charge is 2.06. The largest absolute Gasteiger partial charge is 0.438 e. The van der Waals surface area contributed by atoms with Gasteiger partial charge in [-0.2, -0.15) is 0 Å². The molecule has 0 aliphatic carbocycles. The Balaban J connectivity index is 1.55. The van der Waals surface area contributed by atoms with E-state index >= 15 is 0 Å². The zero-order valence-corrected chi connectivity index (χ0v) is 13.1. The van der Waals surface area contributed by atoms with Gasteiger partial charge in [0.05, 0.1) is 17.6 Å². The number of benzene rings is 1. The fourth-order valence-electron chi connectivity index (χ4n) is 2.38. The third-order valence-electron chi connectivity index (χ3n) is 3.59. The summed E-state index contributed by atoms with van der Waals surface area (Å²) in [6, 6.07) is 16.3. The number of ether oxygens (including phenoxy) is 1. The maximum Gasteiger partial charge on any atom is 0.263 e. The van der Waals surface area contributed by atoms with Gasteiger partial charge in [-0.25, -0.2) is 9.97 Å². The number of rotatable bonds is 4. The van der Waals surface area contributed by atoms with Crippen LogP contribution in [0, 0.1) is 0 Å². The van der Waals surface area contributed by atoms with Crippen LogP contribution < -0.4 is 10.3 Å². The van der Waals surface area contributed by atoms with Gasteiger partial charge in [-0.15, -0.1) is 10.2 Å². The van der Waals surface area contributed by atoms with E-state index in [0.29, 0.717) is 28.4 Å². The Morgan fingerprint density at radius 1 is 0.920 bits per heavy atom. The first kappa shape index (κ1) is 14.9. The average molecular weight is 331 g/mol. The number of aromatic nitrogens is 5. The summed E-state index contributed by atoms with van der Waals surface area (Å²) < 4.78 is 7.08. The Labute approximate surface area is 142 Å². The minimum Gasteiger partial charge on any atom is -0.438 e. The molecule has 0 fully saturated rings. The molecule has 3 heterocycles. The van der Waals surface area contributed by atoms with E-state index in [1.54, 1.807) is 30.5 Å². The van der Waals surface area contributed by atoms with Crippen LogP contribution in [0.25, 0.3) is 11.0 Å². The first-order valence-electron chi connectivity index (χ1n) is 7.65. The summed E-state index contributed by atoms with van der Waals surface area (Å²) in [7, 11) is 0. The van der Waals surface area contributed by atoms with Crippen LogP contribution >= 0.6 is 0 Å². The molecule has 25 heavy (non-hydrogen) atoms. The van der Waals surface area contributed by atoms with Gasteiger partial charge < -0.3 is 4.74 Å². The summed E-state index contributed by atoms with van der Waals surface area (Å²) in [6.45, 7) is 0.273. The molecule has 0 bridgehead atoms. The van der Waals surface area contributed by atoms with Crippen LogP contribution in [0.1, 0.15) is 5.69 Å². The van der Waals surface area contributed by atoms with E-state index in [1.807, 2.05) is 30.3 Å². The molecular formula is C18H13N5O2. The molecule has 1 aromatic carbocycles. The molecule has 3 aromatic heterocycles. The Bertz CT molecular complexity index is 1060. The van der Waals surface area contributed by atoms with Gasteiger partial charge in [0.15, 0.2) is 5.65 Å². The van der Waals surface area contributed by atoms with Crippen molar-refractivity contribution in [3.8, 4) is 11.6 Å². The number of hydrogen-bond acceptors (Lipinski definition) is 6. The molecule has 0 atom stereocenters. The van der Waals surface area contributed by atoms with Gasteiger partial charge in [0, 0.05) is 12.3 Å². The second kappa shape index (κ2) is 6.48. The smallest absolute Gasteiger partial charge is 0.263 e. The molecule has 4 aromatic rings. The van der Waals surface area contributed by atoms with Crippen LogP contribution in [0.2, 0.25) is 0 Å². The van der Waals surface area contributed by atoms with Gasteiger partial charge in [0.25, 0.3) is 5.56 Å². The number of pyridine rings is 1. The van der Waals surface area contributed by atoms with Gasteiger partial charge in [-0.05, 0) is 30.3 Å². The molecule has 0 saturated heterocycles. The molecule has 0 amide bonds. The highest BCUT2D eigenvalue weighted by molar-refractivity contribution is 5.72. The lowest BCUT2D eigenvalue weighted by molar-refractivity contribution is 0.453. The molecule has 7 heteroatoms. The van der Waals surface area contributed by atoms with E-state index in [1.165, 1.54) is 10.9 Å². The quantitative estimate of drug-likeness (QED) is 0.571. The molecule has 0 aliphatic heterocycles.